The van der Waals surface area contributed by atoms with Crippen molar-refractivity contribution < 1.29 is 4.79 Å². The largest absolute Gasteiger partial charge is 0.311 e. The number of anilines is 1. The van der Waals surface area contributed by atoms with Crippen molar-refractivity contribution in [3.05, 3.63) is 36.0 Å². The molecule has 17 heavy (non-hydrogen) atoms. The molecule has 1 heterocycles. The van der Waals surface area contributed by atoms with Crippen LogP contribution in [0.4, 0.5) is 5.82 Å². The first-order valence-corrected chi connectivity index (χ1v) is 5.60. The van der Waals surface area contributed by atoms with E-state index in [1.165, 1.54) is 6.20 Å². The van der Waals surface area contributed by atoms with Gasteiger partial charge < -0.3 is 5.32 Å². The Morgan fingerprint density at radius 2 is 2.47 bits per heavy atom. The van der Waals surface area contributed by atoms with Crippen LogP contribution in [0.5, 0.6) is 0 Å². The summed E-state index contributed by atoms with van der Waals surface area (Å²) in [5, 5.41) is 11.3. The van der Waals surface area contributed by atoms with E-state index in [0.29, 0.717) is 23.7 Å². The Balaban J connectivity index is 1.89. The van der Waals surface area contributed by atoms with Gasteiger partial charge in [0.25, 0.3) is 0 Å². The van der Waals surface area contributed by atoms with Crippen molar-refractivity contribution in [2.24, 2.45) is 5.92 Å². The van der Waals surface area contributed by atoms with E-state index < -0.39 is 0 Å². The van der Waals surface area contributed by atoms with Crippen LogP contribution in [0.1, 0.15) is 24.8 Å². The van der Waals surface area contributed by atoms with Gasteiger partial charge in [0.05, 0.1) is 5.56 Å². The molecule has 1 aromatic heterocycles. The van der Waals surface area contributed by atoms with E-state index in [4.69, 9.17) is 5.26 Å². The number of nitriles is 1. The molecule has 1 aliphatic carbocycles. The van der Waals surface area contributed by atoms with Crippen molar-refractivity contribution in [3.63, 3.8) is 0 Å². The highest BCUT2D eigenvalue weighted by Gasteiger charge is 2.14. The standard InChI is InChI=1S/C13H13N3O/c14-8-11-5-6-12(15-9-11)16-13(17)7-10-3-1-2-4-10/h1,3,5-6,9-10H,2,4,7H2,(H,15,16,17)/t10-/m0/s1. The van der Waals surface area contributed by atoms with Crippen molar-refractivity contribution in [2.45, 2.75) is 19.3 Å². The lowest BCUT2D eigenvalue weighted by atomic mass is 10.1. The first-order valence-electron chi connectivity index (χ1n) is 5.60. The highest BCUT2D eigenvalue weighted by Crippen LogP contribution is 2.20. The lowest BCUT2D eigenvalue weighted by Gasteiger charge is -2.07. The molecule has 0 unspecified atom stereocenters. The van der Waals surface area contributed by atoms with Crippen LogP contribution in [-0.2, 0) is 4.79 Å². The second-order valence-electron chi connectivity index (χ2n) is 4.06. The van der Waals surface area contributed by atoms with E-state index in [1.54, 1.807) is 12.1 Å². The highest BCUT2D eigenvalue weighted by atomic mass is 16.1. The monoisotopic (exact) mass is 227 g/mol. The van der Waals surface area contributed by atoms with Crippen LogP contribution in [0.3, 0.4) is 0 Å². The number of allylic oxidation sites excluding steroid dienone is 2. The quantitative estimate of drug-likeness (QED) is 0.805. The number of nitrogens with one attached hydrogen (secondary N) is 1. The molecule has 0 spiro atoms. The van der Waals surface area contributed by atoms with E-state index in [2.05, 4.69) is 22.5 Å². The smallest absolute Gasteiger partial charge is 0.226 e. The zero-order valence-corrected chi connectivity index (χ0v) is 9.39. The fraction of sp³-hybridized carbons (Fsp3) is 0.308. The maximum absolute atomic E-state index is 11.7. The molecule has 1 aromatic rings. The molecule has 1 N–H and O–H groups in total. The Morgan fingerprint density at radius 3 is 3.06 bits per heavy atom. The van der Waals surface area contributed by atoms with E-state index in [9.17, 15) is 4.79 Å². The van der Waals surface area contributed by atoms with Crippen LogP contribution >= 0.6 is 0 Å². The van der Waals surface area contributed by atoms with Gasteiger partial charge >= 0.3 is 0 Å². The average Bonchev–Trinajstić information content (AvgIpc) is 2.82. The van der Waals surface area contributed by atoms with E-state index in [-0.39, 0.29) is 5.91 Å². The second kappa shape index (κ2) is 5.26. The number of rotatable bonds is 3. The zero-order valence-electron chi connectivity index (χ0n) is 9.39. The molecule has 4 nitrogen and oxygen atoms in total. The topological polar surface area (TPSA) is 65.8 Å². The zero-order chi connectivity index (χ0) is 12.1. The van der Waals surface area contributed by atoms with E-state index >= 15 is 0 Å². The number of nitrogens with zero attached hydrogens (tertiary/aromatic N) is 2. The maximum atomic E-state index is 11.7. The van der Waals surface area contributed by atoms with Crippen molar-refractivity contribution >= 4 is 11.7 Å². The van der Waals surface area contributed by atoms with Crippen LogP contribution in [0.15, 0.2) is 30.5 Å². The Morgan fingerprint density at radius 1 is 1.59 bits per heavy atom. The predicted octanol–water partition coefficient (Wildman–Crippen LogP) is 2.25. The summed E-state index contributed by atoms with van der Waals surface area (Å²) in [4.78, 5) is 15.7. The normalized spacial score (nSPS) is 17.7. The minimum Gasteiger partial charge on any atom is -0.311 e. The third kappa shape index (κ3) is 3.15. The van der Waals surface area contributed by atoms with Gasteiger partial charge in [-0.1, -0.05) is 12.2 Å². The predicted molar refractivity (Wildman–Crippen MR) is 64.1 cm³/mol. The number of pyridine rings is 1. The fourth-order valence-corrected chi connectivity index (χ4v) is 1.83. The lowest BCUT2D eigenvalue weighted by molar-refractivity contribution is -0.116. The molecule has 2 rings (SSSR count). The lowest BCUT2D eigenvalue weighted by Crippen LogP contribution is -2.15. The molecule has 86 valence electrons. The molecule has 1 atom stereocenters. The second-order valence-corrected chi connectivity index (χ2v) is 4.06. The molecular formula is C13H13N3O. The van der Waals surface area contributed by atoms with Gasteiger partial charge in [-0.05, 0) is 30.9 Å². The average molecular weight is 227 g/mol. The van der Waals surface area contributed by atoms with E-state index in [0.717, 1.165) is 12.8 Å². The first-order chi connectivity index (χ1) is 8.28. The molecule has 0 aromatic carbocycles. The molecule has 0 saturated heterocycles. The van der Waals surface area contributed by atoms with Crippen molar-refractivity contribution in [1.29, 1.82) is 5.26 Å². The molecule has 1 amide bonds. The van der Waals surface area contributed by atoms with Crippen LogP contribution in [0, 0.1) is 17.2 Å². The minimum atomic E-state index is -0.0289. The number of hydrogen-bond donors (Lipinski definition) is 1. The summed E-state index contributed by atoms with van der Waals surface area (Å²) in [6.07, 6.45) is 8.26. The van der Waals surface area contributed by atoms with Gasteiger partial charge in [-0.3, -0.25) is 4.79 Å². The Bertz CT molecular complexity index is 470. The SMILES string of the molecule is N#Cc1ccc(NC(=O)C[C@H]2C=CCC2)nc1. The van der Waals surface area contributed by atoms with Gasteiger partial charge in [0.1, 0.15) is 11.9 Å². The van der Waals surface area contributed by atoms with E-state index in [1.807, 2.05) is 6.07 Å². The fourth-order valence-electron chi connectivity index (χ4n) is 1.83. The number of aromatic nitrogens is 1. The maximum Gasteiger partial charge on any atom is 0.226 e. The molecule has 0 bridgehead atoms. The van der Waals surface area contributed by atoms with Crippen LogP contribution in [0.25, 0.3) is 0 Å². The number of amides is 1. The minimum absolute atomic E-state index is 0.0289. The molecular weight excluding hydrogens is 214 g/mol. The molecule has 0 saturated carbocycles. The van der Waals surface area contributed by atoms with Gasteiger partial charge in [-0.2, -0.15) is 5.26 Å². The van der Waals surface area contributed by atoms with Gasteiger partial charge in [0.15, 0.2) is 0 Å². The number of carbonyl (C=O) groups is 1. The van der Waals surface area contributed by atoms with Crippen molar-refractivity contribution in [1.82, 2.24) is 4.98 Å². The summed E-state index contributed by atoms with van der Waals surface area (Å²) < 4.78 is 0. The first kappa shape index (κ1) is 11.3. The number of hydrogen-bond acceptors (Lipinski definition) is 3. The number of carbonyl (C=O) groups excluding carboxylic acids is 1. The summed E-state index contributed by atoms with van der Waals surface area (Å²) >= 11 is 0. The third-order valence-corrected chi connectivity index (χ3v) is 2.72. The molecule has 4 heteroatoms. The molecule has 0 radical (unpaired) electrons. The summed E-state index contributed by atoms with van der Waals surface area (Å²) in [5.74, 6) is 0.822. The van der Waals surface area contributed by atoms with Crippen LogP contribution < -0.4 is 5.32 Å². The molecule has 0 aliphatic heterocycles. The van der Waals surface area contributed by atoms with Crippen molar-refractivity contribution in [2.75, 3.05) is 5.32 Å². The highest BCUT2D eigenvalue weighted by molar-refractivity contribution is 5.90. The van der Waals surface area contributed by atoms with Gasteiger partial charge in [0, 0.05) is 12.6 Å². The summed E-state index contributed by atoms with van der Waals surface area (Å²) in [7, 11) is 0. The summed E-state index contributed by atoms with van der Waals surface area (Å²) in [6.45, 7) is 0. The van der Waals surface area contributed by atoms with Gasteiger partial charge in [0.2, 0.25) is 5.91 Å². The molecule has 1 aliphatic rings. The van der Waals surface area contributed by atoms with Gasteiger partial charge in [-0.25, -0.2) is 4.98 Å². The molecule has 0 fully saturated rings. The third-order valence-electron chi connectivity index (χ3n) is 2.72. The Kier molecular flexibility index (Phi) is 3.51. The summed E-state index contributed by atoms with van der Waals surface area (Å²) in [6, 6.07) is 5.26. The Hall–Kier alpha value is -2.15. The van der Waals surface area contributed by atoms with Gasteiger partial charge in [-0.15, -0.1) is 0 Å². The summed E-state index contributed by atoms with van der Waals surface area (Å²) in [5.41, 5.74) is 0.488. The van der Waals surface area contributed by atoms with Crippen LogP contribution in [0.2, 0.25) is 0 Å². The Labute approximate surface area is 100.0 Å². The van der Waals surface area contributed by atoms with Crippen molar-refractivity contribution in [3.8, 4) is 6.07 Å². The van der Waals surface area contributed by atoms with Crippen LogP contribution in [-0.4, -0.2) is 10.9 Å².